The molecule has 5 heterocycles. The molecule has 7 nitrogen and oxygen atoms in total. The van der Waals surface area contributed by atoms with Gasteiger partial charge in [0, 0.05) is 43.2 Å². The highest BCUT2D eigenvalue weighted by molar-refractivity contribution is 6.03. The quantitative estimate of drug-likeness (QED) is 0.282. The fourth-order valence-corrected chi connectivity index (χ4v) is 8.30. The summed E-state index contributed by atoms with van der Waals surface area (Å²) in [5.41, 5.74) is -0.408. The van der Waals surface area contributed by atoms with Gasteiger partial charge < -0.3 is 14.7 Å². The molecule has 1 saturated carbocycles. The lowest BCUT2D eigenvalue weighted by atomic mass is 9.95. The van der Waals surface area contributed by atoms with E-state index in [0.717, 1.165) is 45.3 Å². The summed E-state index contributed by atoms with van der Waals surface area (Å²) >= 11 is 0. The molecule has 4 fully saturated rings. The molecule has 44 heavy (non-hydrogen) atoms. The van der Waals surface area contributed by atoms with Crippen molar-refractivity contribution in [2.45, 2.75) is 50.2 Å². The van der Waals surface area contributed by atoms with Gasteiger partial charge in [-0.05, 0) is 74.1 Å². The number of pyridine rings is 1. The smallest absolute Gasteiger partial charge is 0.319 e. The predicted octanol–water partition coefficient (Wildman–Crippen LogP) is 6.00. The normalized spacial score (nSPS) is 26.4. The van der Waals surface area contributed by atoms with Gasteiger partial charge in [-0.1, -0.05) is 12.0 Å². The van der Waals surface area contributed by atoms with Gasteiger partial charge in [0.15, 0.2) is 5.82 Å². The molecule has 0 spiro atoms. The van der Waals surface area contributed by atoms with Crippen LogP contribution in [-0.2, 0) is 0 Å². The van der Waals surface area contributed by atoms with Gasteiger partial charge in [0.05, 0.1) is 16.5 Å². The molecule has 4 atom stereocenters. The third kappa shape index (κ3) is 4.35. The number of fused-ring (bicyclic) bond motifs is 5. The minimum atomic E-state index is -0.906. The summed E-state index contributed by atoms with van der Waals surface area (Å²) in [6, 6.07) is 5.53. The number of aromatic nitrogens is 3. The predicted molar refractivity (Wildman–Crippen MR) is 161 cm³/mol. The number of alkyl halides is 1. The van der Waals surface area contributed by atoms with Gasteiger partial charge >= 0.3 is 6.01 Å². The Bertz CT molecular complexity index is 1850. The maximum atomic E-state index is 16.7. The number of anilines is 1. The number of rotatable bonds is 5. The number of nitrogens with zero attached hydrogens (tertiary/aromatic N) is 5. The van der Waals surface area contributed by atoms with E-state index in [1.165, 1.54) is 36.9 Å². The van der Waals surface area contributed by atoms with Crippen molar-refractivity contribution in [2.24, 2.45) is 11.8 Å². The number of aromatic hydroxyl groups is 1. The van der Waals surface area contributed by atoms with Crippen LogP contribution in [0.5, 0.6) is 11.8 Å². The number of phenols is 1. The Morgan fingerprint density at radius 3 is 2.73 bits per heavy atom. The summed E-state index contributed by atoms with van der Waals surface area (Å²) in [7, 11) is 0. The highest BCUT2D eigenvalue weighted by Crippen LogP contribution is 2.43. The lowest BCUT2D eigenvalue weighted by Gasteiger charge is -2.34. The van der Waals surface area contributed by atoms with E-state index in [0.29, 0.717) is 41.4 Å². The molecule has 226 valence electrons. The molecule has 3 saturated heterocycles. The van der Waals surface area contributed by atoms with E-state index in [1.807, 2.05) is 0 Å². The number of hydrogen-bond acceptors (Lipinski definition) is 7. The van der Waals surface area contributed by atoms with Crippen LogP contribution in [0.3, 0.4) is 0 Å². The average molecular weight is 600 g/mol. The van der Waals surface area contributed by atoms with E-state index in [-0.39, 0.29) is 46.1 Å². The first-order valence-corrected chi connectivity index (χ1v) is 15.4. The molecular formula is C34H32F3N5O2. The SMILES string of the molecule is C#Cc1c(F)ccc2cc(O)cc(-c3ncc4c(N5CC6CCC(C6)C5)nc(OCC56CCCN5C[C@H](F)C6)nc4c3F)c12. The van der Waals surface area contributed by atoms with Crippen molar-refractivity contribution in [1.82, 2.24) is 19.9 Å². The van der Waals surface area contributed by atoms with Gasteiger partial charge in [-0.15, -0.1) is 6.42 Å². The standard InChI is InChI=1S/C34H32F3N5O2/c1-2-24-27(36)7-6-21-11-23(43)12-25(28(21)24)30-29(37)31-26(14-38-30)32(41-15-19-4-5-20(10-19)16-41)40-33(39-31)44-18-34-8-3-9-42(34)17-22(35)13-34/h1,6-7,11-12,14,19-20,22,43H,3-5,8-10,13,15-18H2/t19?,20?,22-,34?/m1/s1. The summed E-state index contributed by atoms with van der Waals surface area (Å²) in [6.07, 6.45) is 12.0. The van der Waals surface area contributed by atoms with Crippen LogP contribution in [0.1, 0.15) is 44.1 Å². The fourth-order valence-electron chi connectivity index (χ4n) is 8.30. The molecule has 1 aliphatic carbocycles. The molecule has 10 heteroatoms. The summed E-state index contributed by atoms with van der Waals surface area (Å²) in [5.74, 6) is 2.51. The Morgan fingerprint density at radius 1 is 1.11 bits per heavy atom. The van der Waals surface area contributed by atoms with Crippen LogP contribution in [0.4, 0.5) is 19.0 Å². The number of hydrogen-bond donors (Lipinski definition) is 1. The fraction of sp³-hybridized carbons (Fsp3) is 0.441. The van der Waals surface area contributed by atoms with E-state index >= 15 is 4.39 Å². The second-order valence-electron chi connectivity index (χ2n) is 13.0. The van der Waals surface area contributed by atoms with E-state index in [4.69, 9.17) is 16.1 Å². The van der Waals surface area contributed by atoms with Gasteiger partial charge in [0.2, 0.25) is 0 Å². The Labute approximate surface area is 253 Å². The van der Waals surface area contributed by atoms with Crippen molar-refractivity contribution in [2.75, 3.05) is 37.7 Å². The molecule has 0 radical (unpaired) electrons. The average Bonchev–Trinajstić information content (AvgIpc) is 3.66. The Morgan fingerprint density at radius 2 is 1.93 bits per heavy atom. The molecule has 2 aromatic heterocycles. The molecule has 4 aliphatic rings. The number of phenolic OH excluding ortho intramolecular Hbond substituents is 1. The zero-order valence-corrected chi connectivity index (χ0v) is 24.2. The number of benzene rings is 2. The largest absolute Gasteiger partial charge is 0.508 e. The van der Waals surface area contributed by atoms with E-state index in [1.54, 1.807) is 0 Å². The molecule has 4 aromatic rings. The third-order valence-electron chi connectivity index (χ3n) is 10.2. The molecule has 3 aliphatic heterocycles. The first kappa shape index (κ1) is 27.4. The molecule has 8 rings (SSSR count). The van der Waals surface area contributed by atoms with Crippen molar-refractivity contribution in [3.8, 4) is 35.4 Å². The van der Waals surface area contributed by atoms with Crippen LogP contribution in [0.2, 0.25) is 0 Å². The Balaban J connectivity index is 1.28. The molecule has 2 aromatic carbocycles. The van der Waals surface area contributed by atoms with Gasteiger partial charge in [-0.2, -0.15) is 9.97 Å². The molecule has 1 N–H and O–H groups in total. The number of ether oxygens (including phenoxy) is 1. The van der Waals surface area contributed by atoms with E-state index < -0.39 is 23.3 Å². The summed E-state index contributed by atoms with van der Waals surface area (Å²) in [4.78, 5) is 18.2. The van der Waals surface area contributed by atoms with Gasteiger partial charge in [0.1, 0.15) is 41.4 Å². The van der Waals surface area contributed by atoms with Crippen LogP contribution >= 0.6 is 0 Å². The van der Waals surface area contributed by atoms with E-state index in [2.05, 4.69) is 25.7 Å². The minimum absolute atomic E-state index is 0.0126. The Hall–Kier alpha value is -4.10. The van der Waals surface area contributed by atoms with Crippen LogP contribution in [-0.4, -0.2) is 69.5 Å². The van der Waals surface area contributed by atoms with Crippen molar-refractivity contribution in [3.05, 3.63) is 47.7 Å². The van der Waals surface area contributed by atoms with Gasteiger partial charge in [-0.25, -0.2) is 13.2 Å². The lowest BCUT2D eigenvalue weighted by Crippen LogP contribution is -2.43. The zero-order chi connectivity index (χ0) is 30.2. The van der Waals surface area contributed by atoms with E-state index in [9.17, 15) is 13.9 Å². The van der Waals surface area contributed by atoms with Crippen molar-refractivity contribution in [1.29, 1.82) is 0 Å². The first-order valence-electron chi connectivity index (χ1n) is 15.4. The van der Waals surface area contributed by atoms with Crippen LogP contribution in [0.25, 0.3) is 32.9 Å². The van der Waals surface area contributed by atoms with Crippen LogP contribution in [0.15, 0.2) is 30.5 Å². The molecule has 3 unspecified atom stereocenters. The van der Waals surface area contributed by atoms with Crippen molar-refractivity contribution >= 4 is 27.5 Å². The number of halogens is 3. The summed E-state index contributed by atoms with van der Waals surface area (Å²) in [5, 5.41) is 11.7. The van der Waals surface area contributed by atoms with Crippen LogP contribution < -0.4 is 9.64 Å². The molecule has 2 bridgehead atoms. The topological polar surface area (TPSA) is 74.6 Å². The van der Waals surface area contributed by atoms with Gasteiger partial charge in [-0.3, -0.25) is 9.88 Å². The Kier molecular flexibility index (Phi) is 6.38. The lowest BCUT2D eigenvalue weighted by molar-refractivity contribution is 0.107. The number of terminal acetylenes is 1. The second kappa shape index (κ2) is 10.2. The maximum Gasteiger partial charge on any atom is 0.319 e. The second-order valence-corrected chi connectivity index (χ2v) is 13.0. The van der Waals surface area contributed by atoms with Crippen molar-refractivity contribution in [3.63, 3.8) is 0 Å². The summed E-state index contributed by atoms with van der Waals surface area (Å²) in [6.45, 7) is 3.03. The van der Waals surface area contributed by atoms with Crippen LogP contribution in [0, 0.1) is 35.8 Å². The molecular weight excluding hydrogens is 567 g/mol. The monoisotopic (exact) mass is 599 g/mol. The molecule has 0 amide bonds. The van der Waals surface area contributed by atoms with Gasteiger partial charge in [0.25, 0.3) is 0 Å². The number of piperidine rings is 1. The third-order valence-corrected chi connectivity index (χ3v) is 10.2. The highest BCUT2D eigenvalue weighted by Gasteiger charge is 2.49. The first-order chi connectivity index (χ1) is 21.3. The summed E-state index contributed by atoms with van der Waals surface area (Å²) < 4.78 is 52.2. The van der Waals surface area contributed by atoms with Crippen molar-refractivity contribution < 1.29 is 23.0 Å². The zero-order valence-electron chi connectivity index (χ0n) is 24.2. The maximum absolute atomic E-state index is 16.7. The highest BCUT2D eigenvalue weighted by atomic mass is 19.1. The minimum Gasteiger partial charge on any atom is -0.508 e.